The van der Waals surface area contributed by atoms with Crippen LogP contribution in [0.1, 0.15) is 63.5 Å². The lowest BCUT2D eigenvalue weighted by molar-refractivity contribution is -0.166. The highest BCUT2D eigenvalue weighted by atomic mass is 19.4. The van der Waals surface area contributed by atoms with E-state index in [1.165, 1.54) is 6.08 Å². The smallest absolute Gasteiger partial charge is 0.418 e. The van der Waals surface area contributed by atoms with E-state index >= 15 is 0 Å². The van der Waals surface area contributed by atoms with Crippen LogP contribution in [0.4, 0.5) is 32.0 Å². The summed E-state index contributed by atoms with van der Waals surface area (Å²) in [5.41, 5.74) is -4.04. The number of hydrogen-bond donors (Lipinski definition) is 1. The van der Waals surface area contributed by atoms with Gasteiger partial charge in [0, 0.05) is 17.4 Å². The molecule has 5 rings (SSSR count). The summed E-state index contributed by atoms with van der Waals surface area (Å²) in [5.74, 6) is -0.731. The molecule has 202 valence electrons. The van der Waals surface area contributed by atoms with Gasteiger partial charge in [0.25, 0.3) is 0 Å². The van der Waals surface area contributed by atoms with Crippen LogP contribution in [0.5, 0.6) is 0 Å². The summed E-state index contributed by atoms with van der Waals surface area (Å²) < 4.78 is 85.4. The third-order valence-electron chi connectivity index (χ3n) is 9.58. The van der Waals surface area contributed by atoms with Crippen molar-refractivity contribution in [3.05, 3.63) is 41.5 Å². The lowest BCUT2D eigenvalue weighted by atomic mass is 9.49. The number of anilines is 1. The van der Waals surface area contributed by atoms with Crippen molar-refractivity contribution in [2.24, 2.45) is 34.5 Å². The Kier molecular flexibility index (Phi) is 5.99. The molecule has 1 heterocycles. The van der Waals surface area contributed by atoms with Crippen molar-refractivity contribution < 1.29 is 40.7 Å². The Hall–Kier alpha value is -2.52. The zero-order valence-electron chi connectivity index (χ0n) is 20.5. The number of halogens is 6. The molecule has 10 heteroatoms. The predicted octanol–water partition coefficient (Wildman–Crippen LogP) is 7.00. The predicted molar refractivity (Wildman–Crippen MR) is 122 cm³/mol. The van der Waals surface area contributed by atoms with Crippen LogP contribution in [0.2, 0.25) is 0 Å². The van der Waals surface area contributed by atoms with Gasteiger partial charge in [0.15, 0.2) is 0 Å². The molecule has 1 N–H and O–H groups in total. The molecule has 2 unspecified atom stereocenters. The minimum Gasteiger partial charge on any atom is -0.458 e. The maximum Gasteiger partial charge on any atom is 0.418 e. The number of carbonyl (C=O) groups excluding carboxylic acids is 2. The number of alkyl halides is 6. The number of rotatable bonds is 2. The van der Waals surface area contributed by atoms with E-state index in [9.17, 15) is 35.9 Å². The van der Waals surface area contributed by atoms with Crippen LogP contribution in [0.15, 0.2) is 30.4 Å². The van der Waals surface area contributed by atoms with E-state index in [0.717, 1.165) is 25.7 Å². The Morgan fingerprint density at radius 3 is 2.43 bits per heavy atom. The maximum atomic E-state index is 13.6. The molecule has 0 aromatic heterocycles. The number of nitrogens with one attached hydrogen (secondary N) is 1. The monoisotopic (exact) mass is 529 g/mol. The van der Waals surface area contributed by atoms with Crippen LogP contribution in [0.3, 0.4) is 0 Å². The first-order valence-electron chi connectivity index (χ1n) is 12.6. The number of benzene rings is 1. The van der Waals surface area contributed by atoms with Crippen LogP contribution in [0.25, 0.3) is 0 Å². The lowest BCUT2D eigenvalue weighted by Crippen LogP contribution is -2.54. The SMILES string of the molecule is C[C@]12CC[C@@H]3[C@@H](CCC4OC(=O)C=C[C@@]43C)[C@@H]1CC(C(=O)Nc1ccc(C(F)(F)F)cc1C(F)(F)F)C2. The molecule has 3 aliphatic carbocycles. The molecule has 7 atom stereocenters. The van der Waals surface area contributed by atoms with Crippen LogP contribution in [-0.2, 0) is 26.7 Å². The molecule has 3 saturated carbocycles. The third-order valence-corrected chi connectivity index (χ3v) is 9.58. The fraction of sp³-hybridized carbons (Fsp3) is 0.630. The Morgan fingerprint density at radius 2 is 1.76 bits per heavy atom. The van der Waals surface area contributed by atoms with Gasteiger partial charge in [-0.15, -0.1) is 0 Å². The van der Waals surface area contributed by atoms with Crippen molar-refractivity contribution in [3.63, 3.8) is 0 Å². The fourth-order valence-electron chi connectivity index (χ4n) is 7.76. The van der Waals surface area contributed by atoms with Crippen molar-refractivity contribution in [1.82, 2.24) is 0 Å². The third kappa shape index (κ3) is 4.44. The molecule has 4 nitrogen and oxygen atoms in total. The van der Waals surface area contributed by atoms with Crippen LogP contribution >= 0.6 is 0 Å². The highest BCUT2D eigenvalue weighted by Crippen LogP contribution is 2.64. The molecular weight excluding hydrogens is 500 g/mol. The van der Waals surface area contributed by atoms with Crippen molar-refractivity contribution in [2.45, 2.75) is 70.8 Å². The minimum absolute atomic E-state index is 0.0413. The molecule has 0 spiro atoms. The van der Waals surface area contributed by atoms with Crippen molar-refractivity contribution in [1.29, 1.82) is 0 Å². The summed E-state index contributed by atoms with van der Waals surface area (Å²) in [5, 5.41) is 2.30. The topological polar surface area (TPSA) is 55.4 Å². The van der Waals surface area contributed by atoms with Gasteiger partial charge in [0.05, 0.1) is 16.8 Å². The Labute approximate surface area is 210 Å². The van der Waals surface area contributed by atoms with Crippen LogP contribution in [0, 0.1) is 34.5 Å². The van der Waals surface area contributed by atoms with E-state index in [-0.39, 0.29) is 46.7 Å². The summed E-state index contributed by atoms with van der Waals surface area (Å²) in [6.45, 7) is 4.24. The molecular formula is C27H29F6NO3. The largest absolute Gasteiger partial charge is 0.458 e. The first-order valence-corrected chi connectivity index (χ1v) is 12.6. The van der Waals surface area contributed by atoms with E-state index in [1.54, 1.807) is 0 Å². The molecule has 1 aliphatic heterocycles. The number of esters is 1. The molecule has 0 saturated heterocycles. The van der Waals surface area contributed by atoms with E-state index in [1.807, 2.05) is 6.08 Å². The Bertz CT molecular complexity index is 1140. The van der Waals surface area contributed by atoms with E-state index in [0.29, 0.717) is 25.0 Å². The molecule has 0 radical (unpaired) electrons. The highest BCUT2D eigenvalue weighted by Gasteiger charge is 2.60. The molecule has 3 fully saturated rings. The molecule has 1 aromatic rings. The van der Waals surface area contributed by atoms with Crippen LogP contribution < -0.4 is 5.32 Å². The molecule has 1 amide bonds. The van der Waals surface area contributed by atoms with E-state index in [4.69, 9.17) is 4.74 Å². The maximum absolute atomic E-state index is 13.6. The van der Waals surface area contributed by atoms with E-state index < -0.39 is 41.0 Å². The van der Waals surface area contributed by atoms with Gasteiger partial charge in [-0.3, -0.25) is 4.79 Å². The van der Waals surface area contributed by atoms with Crippen LogP contribution in [-0.4, -0.2) is 18.0 Å². The van der Waals surface area contributed by atoms with Gasteiger partial charge >= 0.3 is 18.3 Å². The number of amides is 1. The molecule has 37 heavy (non-hydrogen) atoms. The second-order valence-electron chi connectivity index (χ2n) is 11.7. The number of hydrogen-bond acceptors (Lipinski definition) is 3. The Balaban J connectivity index is 1.36. The first kappa shape index (κ1) is 26.1. The molecule has 0 bridgehead atoms. The zero-order valence-corrected chi connectivity index (χ0v) is 20.5. The quantitative estimate of drug-likeness (QED) is 0.332. The zero-order chi connectivity index (χ0) is 27.0. The number of ether oxygens (including phenoxy) is 1. The summed E-state index contributed by atoms with van der Waals surface area (Å²) in [7, 11) is 0. The summed E-state index contributed by atoms with van der Waals surface area (Å²) in [4.78, 5) is 25.0. The van der Waals surface area contributed by atoms with E-state index in [2.05, 4.69) is 19.2 Å². The normalized spacial score (nSPS) is 37.3. The number of fused-ring (bicyclic) bond motifs is 5. The van der Waals surface area contributed by atoms with Gasteiger partial charge in [0.1, 0.15) is 6.10 Å². The summed E-state index contributed by atoms with van der Waals surface area (Å²) >= 11 is 0. The fourth-order valence-corrected chi connectivity index (χ4v) is 7.76. The molecule has 4 aliphatic rings. The minimum atomic E-state index is -5.06. The standard InChI is InChI=1S/C27H29F6NO3/c1-24-9-7-17-16(4-6-21-25(17,2)10-8-22(35)37-21)18(24)11-14(13-24)23(36)34-20-5-3-15(26(28,29)30)12-19(20)27(31,32)33/h3,5,8,10,12,14,16-18,21H,4,6-7,9,11,13H2,1-2H3,(H,34,36)/t14?,16-,17-,18+,21?,24-,25-/m1/s1. The van der Waals surface area contributed by atoms with Crippen molar-refractivity contribution >= 4 is 17.6 Å². The molecule has 1 aromatic carbocycles. The number of carbonyl (C=O) groups is 2. The van der Waals surface area contributed by atoms with Gasteiger partial charge in [-0.05, 0) is 79.9 Å². The van der Waals surface area contributed by atoms with Crippen molar-refractivity contribution in [3.8, 4) is 0 Å². The van der Waals surface area contributed by atoms with Gasteiger partial charge in [-0.2, -0.15) is 26.3 Å². The van der Waals surface area contributed by atoms with Gasteiger partial charge in [0.2, 0.25) is 5.91 Å². The first-order chi connectivity index (χ1) is 17.1. The lowest BCUT2D eigenvalue weighted by Gasteiger charge is -2.57. The Morgan fingerprint density at radius 1 is 1.03 bits per heavy atom. The van der Waals surface area contributed by atoms with Gasteiger partial charge in [-0.1, -0.05) is 19.9 Å². The van der Waals surface area contributed by atoms with Gasteiger partial charge < -0.3 is 10.1 Å². The second kappa shape index (κ2) is 8.50. The highest BCUT2D eigenvalue weighted by molar-refractivity contribution is 5.93. The van der Waals surface area contributed by atoms with Gasteiger partial charge in [-0.25, -0.2) is 4.79 Å². The van der Waals surface area contributed by atoms with Crippen molar-refractivity contribution in [2.75, 3.05) is 5.32 Å². The summed E-state index contributed by atoms with van der Waals surface area (Å²) in [6, 6.07) is 1.27. The average Bonchev–Trinajstić information content (AvgIpc) is 3.16. The second-order valence-corrected chi connectivity index (χ2v) is 11.7. The average molecular weight is 530 g/mol. The summed E-state index contributed by atoms with van der Waals surface area (Å²) in [6.07, 6.45) is -2.39.